The zero-order chi connectivity index (χ0) is 69.7. The van der Waals surface area contributed by atoms with Crippen molar-refractivity contribution < 1.29 is 75.7 Å². The predicted octanol–water partition coefficient (Wildman–Crippen LogP) is 8.48. The quantitative estimate of drug-likeness (QED) is 0.0190. The Balaban J connectivity index is 0.773. The van der Waals surface area contributed by atoms with E-state index in [9.17, 15) is 71.0 Å². The molecule has 3 aromatic carbocycles. The number of likely N-dealkylation sites (tertiary alicyclic amines) is 2. The number of thiophene rings is 1. The molecule has 0 bridgehead atoms. The van der Waals surface area contributed by atoms with Gasteiger partial charge in [0.25, 0.3) is 11.8 Å². The second kappa shape index (κ2) is 30.3. The monoisotopic (exact) mass is 1390 g/mol. The SMILES string of the molecule is Cc1ncsc1-c1ccc([C@H](CC(=O)NCCCCCCCCC(=O)N[C@H]2C[C@@H](C(=O)N3CCO[C@H](c4ccccc4)C3)N(C(=O)[C@@H](NC(=O)c3cc4cc(C(F)(F)P(=O)(O)O)ccc4s3)C(C)(C)C)C2)NC(=O)[C@@H]2C[C@@H](O)CN2C(=O)[C@@H](NC(=O)C2(F)CC2)C(C)(C)C)cc1. The summed E-state index contributed by atoms with van der Waals surface area (Å²) < 4.78 is 62.3. The lowest BCUT2D eigenvalue weighted by Gasteiger charge is -2.38. The third-order valence-electron chi connectivity index (χ3n) is 18.2. The van der Waals surface area contributed by atoms with Gasteiger partial charge in [-0.1, -0.05) is 128 Å². The van der Waals surface area contributed by atoms with E-state index in [1.165, 1.54) is 33.3 Å². The number of carbonyl (C=O) groups is 8. The van der Waals surface area contributed by atoms with E-state index in [-0.39, 0.29) is 99.3 Å². The number of aryl methyl sites for hydroxylation is 1. The zero-order valence-corrected chi connectivity index (χ0v) is 57.6. The van der Waals surface area contributed by atoms with Crippen molar-refractivity contribution in [2.75, 3.05) is 39.3 Å². The summed E-state index contributed by atoms with van der Waals surface area (Å²) in [6.45, 7) is 13.1. The number of nitrogens with zero attached hydrogens (tertiary/aromatic N) is 4. The first-order chi connectivity index (χ1) is 45.2. The Bertz CT molecular complexity index is 3700. The molecule has 0 spiro atoms. The fraction of sp³-hybridized carbons (Fsp3) is 0.544. The average molecular weight is 1390 g/mol. The number of aliphatic hydroxyl groups is 1. The van der Waals surface area contributed by atoms with Crippen LogP contribution in [0.15, 0.2) is 84.4 Å². The molecule has 4 fully saturated rings. The van der Waals surface area contributed by atoms with E-state index in [1.807, 2.05) is 61.5 Å². The van der Waals surface area contributed by atoms with Gasteiger partial charge in [0, 0.05) is 55.3 Å². The van der Waals surface area contributed by atoms with E-state index in [4.69, 9.17) is 4.74 Å². The lowest BCUT2D eigenvalue weighted by molar-refractivity contribution is -0.150. The Hall–Kier alpha value is -7.13. The molecule has 0 unspecified atom stereocenters. The summed E-state index contributed by atoms with van der Waals surface area (Å²) in [4.78, 5) is 141. The van der Waals surface area contributed by atoms with Crippen LogP contribution in [0.3, 0.4) is 0 Å². The number of aliphatic hydroxyl groups excluding tert-OH is 1. The minimum atomic E-state index is -5.88. The number of hydrogen-bond acceptors (Lipinski definition) is 14. The van der Waals surface area contributed by atoms with Crippen molar-refractivity contribution >= 4 is 87.6 Å². The maximum Gasteiger partial charge on any atom is 0.399 e. The largest absolute Gasteiger partial charge is 0.399 e. The first-order valence-electron chi connectivity index (χ1n) is 32.6. The predicted molar refractivity (Wildman–Crippen MR) is 356 cm³/mol. The first kappa shape index (κ1) is 73.1. The number of amides is 8. The molecule has 96 heavy (non-hydrogen) atoms. The molecule has 1 saturated carbocycles. The summed E-state index contributed by atoms with van der Waals surface area (Å²) in [7, 11) is -5.88. The van der Waals surface area contributed by atoms with Gasteiger partial charge in [0.05, 0.1) is 52.7 Å². The van der Waals surface area contributed by atoms with E-state index >= 15 is 0 Å². The van der Waals surface area contributed by atoms with Crippen LogP contribution in [0.1, 0.15) is 163 Å². The van der Waals surface area contributed by atoms with E-state index in [1.54, 1.807) is 52.0 Å². The number of halogens is 3. The number of alkyl halides is 3. The number of thiazole rings is 1. The molecule has 3 saturated heterocycles. The Morgan fingerprint density at radius 2 is 1.42 bits per heavy atom. The molecular weight excluding hydrogens is 1300 g/mol. The molecule has 5 aromatic rings. The molecule has 1 aliphatic carbocycles. The van der Waals surface area contributed by atoms with Crippen LogP contribution in [0.25, 0.3) is 20.5 Å². The van der Waals surface area contributed by atoms with Gasteiger partial charge in [-0.25, -0.2) is 9.37 Å². The summed E-state index contributed by atoms with van der Waals surface area (Å²) in [5.74, 6) is -4.36. The molecule has 28 heteroatoms. The van der Waals surface area contributed by atoms with Crippen molar-refractivity contribution in [2.45, 2.75) is 185 Å². The molecule has 520 valence electrons. The smallest absolute Gasteiger partial charge is 0.391 e. The minimum Gasteiger partial charge on any atom is -0.391 e. The van der Waals surface area contributed by atoms with Gasteiger partial charge in [-0.2, -0.15) is 8.78 Å². The lowest BCUT2D eigenvalue weighted by atomic mass is 9.85. The number of rotatable bonds is 26. The van der Waals surface area contributed by atoms with Crippen molar-refractivity contribution in [3.05, 3.63) is 112 Å². The highest BCUT2D eigenvalue weighted by Gasteiger charge is 2.54. The minimum absolute atomic E-state index is 0.0404. The van der Waals surface area contributed by atoms with E-state index < -0.39 is 113 Å². The molecular formula is C68H87F3N9O13PS2. The average Bonchev–Trinajstić information content (AvgIpc) is 1.45. The highest BCUT2D eigenvalue weighted by molar-refractivity contribution is 7.52. The maximum absolute atomic E-state index is 15.0. The van der Waals surface area contributed by atoms with Gasteiger partial charge >= 0.3 is 13.3 Å². The second-order valence-corrected chi connectivity index (χ2v) is 31.4. The number of carbonyl (C=O) groups excluding carboxylic acids is 8. The van der Waals surface area contributed by atoms with Gasteiger partial charge in [0.2, 0.25) is 35.4 Å². The number of ether oxygens (including phenoxy) is 1. The lowest BCUT2D eigenvalue weighted by Crippen LogP contribution is -2.59. The summed E-state index contributed by atoms with van der Waals surface area (Å²) in [5, 5.41) is 25.4. The van der Waals surface area contributed by atoms with Gasteiger partial charge in [-0.05, 0) is 90.1 Å². The molecule has 9 rings (SSSR count). The molecule has 3 aliphatic heterocycles. The van der Waals surface area contributed by atoms with Crippen LogP contribution in [-0.2, 0) is 48.5 Å². The van der Waals surface area contributed by atoms with Crippen molar-refractivity contribution in [3.63, 3.8) is 0 Å². The number of benzene rings is 3. The third kappa shape index (κ3) is 17.8. The molecule has 5 heterocycles. The van der Waals surface area contributed by atoms with E-state index in [2.05, 4.69) is 31.6 Å². The van der Waals surface area contributed by atoms with Crippen molar-refractivity contribution in [1.29, 1.82) is 0 Å². The van der Waals surface area contributed by atoms with Gasteiger partial charge in [-0.3, -0.25) is 42.9 Å². The Kier molecular flexibility index (Phi) is 23.1. The Morgan fingerprint density at radius 3 is 2.05 bits per heavy atom. The molecule has 22 nitrogen and oxygen atoms in total. The fourth-order valence-electron chi connectivity index (χ4n) is 12.5. The molecule has 2 aromatic heterocycles. The molecule has 8 amide bonds. The van der Waals surface area contributed by atoms with Crippen LogP contribution >= 0.6 is 30.3 Å². The second-order valence-electron chi connectivity index (χ2n) is 27.8. The molecule has 4 aliphatic rings. The van der Waals surface area contributed by atoms with E-state index in [0.717, 1.165) is 70.9 Å². The molecule has 8 N–H and O–H groups in total. The highest BCUT2D eigenvalue weighted by atomic mass is 32.1. The standard InChI is InChI=1S/C68H87F3N9O13PS2/c1-40-56(95-39-73-40)43-22-20-41(21-23-43)48(75-59(84)49-34-47(81)37-80(49)63(88)58(66(5,6)7)77-64(89)67(69)26-27-67)35-55(83)72-28-16-11-9-8-10-15-19-54(82)74-46-33-50(61(86)78-29-30-93-51(38-78)42-17-13-12-14-18-42)79(36-46)62(87)57(65(2,3)4)76-60(85)53-32-44-31-45(24-25-52(44)96-53)68(70,71)94(90,91)92/h12-14,17-18,20-25,31-32,39,46-51,57-58,81H,8-11,15-16,19,26-30,33-38H2,1-7H3,(H,72,83)(H,74,82)(H,75,84)(H,76,85)(H,77,89)(H2,90,91,92)/t46-,47+,48-,49-,50-,51-,57+,58+/m0/s1. The normalized spacial score (nSPS) is 20.7. The fourth-order valence-corrected chi connectivity index (χ4v) is 14.7. The summed E-state index contributed by atoms with van der Waals surface area (Å²) >= 11 is 2.42. The summed E-state index contributed by atoms with van der Waals surface area (Å²) in [6, 6.07) is 15.1. The molecule has 8 atom stereocenters. The van der Waals surface area contributed by atoms with Crippen molar-refractivity contribution in [1.82, 2.24) is 46.3 Å². The number of β-amino-alcohol motifs (C(OH)–C–C–N with tert-alkyl or cyclic N) is 1. The van der Waals surface area contributed by atoms with Crippen LogP contribution in [0, 0.1) is 17.8 Å². The number of hydrogen-bond donors (Lipinski definition) is 8. The third-order valence-corrected chi connectivity index (χ3v) is 21.2. The first-order valence-corrected chi connectivity index (χ1v) is 35.9. The van der Waals surface area contributed by atoms with Gasteiger partial charge in [-0.15, -0.1) is 22.7 Å². The number of nitrogens with one attached hydrogen (secondary N) is 5. The number of fused-ring (bicyclic) bond motifs is 1. The van der Waals surface area contributed by atoms with Crippen molar-refractivity contribution in [3.8, 4) is 10.4 Å². The van der Waals surface area contributed by atoms with Gasteiger partial charge < -0.3 is 60.9 Å². The van der Waals surface area contributed by atoms with E-state index in [0.29, 0.717) is 29.6 Å². The number of aromatic nitrogens is 1. The Morgan fingerprint density at radius 1 is 0.771 bits per heavy atom. The number of unbranched alkanes of at least 4 members (excludes halogenated alkanes) is 5. The summed E-state index contributed by atoms with van der Waals surface area (Å²) in [6.07, 6.45) is 2.93. The zero-order valence-electron chi connectivity index (χ0n) is 55.0. The molecule has 0 radical (unpaired) electrons. The topological polar surface area (TPSA) is 306 Å². The maximum atomic E-state index is 15.0. The van der Waals surface area contributed by atoms with Gasteiger partial charge in [0.1, 0.15) is 30.3 Å². The van der Waals surface area contributed by atoms with Crippen LogP contribution in [0.4, 0.5) is 13.2 Å². The van der Waals surface area contributed by atoms with Crippen LogP contribution in [0.5, 0.6) is 0 Å². The Labute approximate surface area is 564 Å². The van der Waals surface area contributed by atoms with Crippen LogP contribution < -0.4 is 26.6 Å². The van der Waals surface area contributed by atoms with Gasteiger partial charge in [0.15, 0.2) is 5.67 Å². The van der Waals surface area contributed by atoms with Crippen molar-refractivity contribution in [2.24, 2.45) is 10.8 Å². The van der Waals surface area contributed by atoms with Crippen LogP contribution in [0.2, 0.25) is 0 Å². The summed E-state index contributed by atoms with van der Waals surface area (Å²) in [5.41, 5.74) is -4.27. The highest BCUT2D eigenvalue weighted by Crippen LogP contribution is 2.59. The van der Waals surface area contributed by atoms with Crippen LogP contribution in [-0.4, -0.2) is 163 Å². The number of morpholine rings is 1.